The van der Waals surface area contributed by atoms with Crippen LogP contribution in [0.1, 0.15) is 24.0 Å². The van der Waals surface area contributed by atoms with Gasteiger partial charge in [0.05, 0.1) is 0 Å². The number of ether oxygens (including phenoxy) is 1. The topological polar surface area (TPSA) is 55.4 Å². The van der Waals surface area contributed by atoms with Crippen molar-refractivity contribution in [1.82, 2.24) is 5.32 Å². The highest BCUT2D eigenvalue weighted by molar-refractivity contribution is 6.04. The predicted octanol–water partition coefficient (Wildman–Crippen LogP) is 1.06. The number of hydrogen-bond acceptors (Lipinski definition) is 3. The number of amides is 2. The molecule has 0 bridgehead atoms. The molecule has 4 heteroatoms. The minimum atomic E-state index is -0.657. The largest absolute Gasteiger partial charge is 0.492 e. The number of rotatable bonds is 0. The van der Waals surface area contributed by atoms with Crippen LogP contribution in [0.4, 0.5) is 0 Å². The zero-order chi connectivity index (χ0) is 12.0. The molecular formula is C13H13NO3. The van der Waals surface area contributed by atoms with Crippen molar-refractivity contribution in [3.63, 3.8) is 0 Å². The summed E-state index contributed by atoms with van der Waals surface area (Å²) in [4.78, 5) is 23.3. The number of imide groups is 1. The molecular weight excluding hydrogens is 218 g/mol. The smallest absolute Gasteiger partial charge is 0.240 e. The van der Waals surface area contributed by atoms with Gasteiger partial charge in [-0.2, -0.15) is 0 Å². The molecule has 2 amide bonds. The van der Waals surface area contributed by atoms with E-state index in [1.54, 1.807) is 0 Å². The fraction of sp³-hybridized carbons (Fsp3) is 0.385. The standard InChI is InChI=1S/C13H13NO3/c1-8-2-3-10-9(6-8)13(7-17-10)5-4-11(15)14-12(13)16/h2-3,6H,4-5,7H2,1H3,(H,14,15,16). The van der Waals surface area contributed by atoms with Gasteiger partial charge in [0, 0.05) is 12.0 Å². The third-order valence-corrected chi connectivity index (χ3v) is 3.59. The Kier molecular flexibility index (Phi) is 2.02. The second-order valence-corrected chi connectivity index (χ2v) is 4.75. The Morgan fingerprint density at radius 2 is 2.18 bits per heavy atom. The molecule has 1 atom stereocenters. The highest BCUT2D eigenvalue weighted by Gasteiger charge is 2.50. The van der Waals surface area contributed by atoms with E-state index in [2.05, 4.69) is 5.32 Å². The van der Waals surface area contributed by atoms with Crippen LogP contribution in [0.3, 0.4) is 0 Å². The van der Waals surface area contributed by atoms with Gasteiger partial charge in [-0.1, -0.05) is 17.7 Å². The van der Waals surface area contributed by atoms with Gasteiger partial charge in [-0.25, -0.2) is 0 Å². The zero-order valence-electron chi connectivity index (χ0n) is 9.58. The van der Waals surface area contributed by atoms with Crippen LogP contribution in [-0.4, -0.2) is 18.4 Å². The Morgan fingerprint density at radius 3 is 2.94 bits per heavy atom. The molecule has 0 aromatic heterocycles. The van der Waals surface area contributed by atoms with Gasteiger partial charge in [0.2, 0.25) is 11.8 Å². The maximum atomic E-state index is 12.1. The van der Waals surface area contributed by atoms with E-state index in [0.717, 1.165) is 16.9 Å². The van der Waals surface area contributed by atoms with Crippen LogP contribution >= 0.6 is 0 Å². The van der Waals surface area contributed by atoms with E-state index in [9.17, 15) is 9.59 Å². The molecule has 1 fully saturated rings. The summed E-state index contributed by atoms with van der Waals surface area (Å²) >= 11 is 0. The van der Waals surface area contributed by atoms with Gasteiger partial charge in [0.25, 0.3) is 0 Å². The summed E-state index contributed by atoms with van der Waals surface area (Å²) in [6.07, 6.45) is 0.913. The summed E-state index contributed by atoms with van der Waals surface area (Å²) in [6.45, 7) is 2.32. The summed E-state index contributed by atoms with van der Waals surface area (Å²) < 4.78 is 5.58. The SMILES string of the molecule is Cc1ccc2c(c1)C1(CCC(=O)NC1=O)CO2. The van der Waals surface area contributed by atoms with Crippen LogP contribution in [0.5, 0.6) is 5.75 Å². The van der Waals surface area contributed by atoms with E-state index >= 15 is 0 Å². The fourth-order valence-corrected chi connectivity index (χ4v) is 2.57. The predicted molar refractivity (Wildman–Crippen MR) is 60.7 cm³/mol. The molecule has 4 nitrogen and oxygen atoms in total. The van der Waals surface area contributed by atoms with Crippen molar-refractivity contribution < 1.29 is 14.3 Å². The molecule has 0 saturated carbocycles. The lowest BCUT2D eigenvalue weighted by Crippen LogP contribution is -2.52. The second kappa shape index (κ2) is 3.32. The first kappa shape index (κ1) is 10.3. The number of nitrogens with one attached hydrogen (secondary N) is 1. The molecule has 1 aromatic rings. The average molecular weight is 231 g/mol. The van der Waals surface area contributed by atoms with Crippen molar-refractivity contribution in [2.75, 3.05) is 6.61 Å². The second-order valence-electron chi connectivity index (χ2n) is 4.75. The maximum absolute atomic E-state index is 12.1. The first-order valence-corrected chi connectivity index (χ1v) is 5.70. The summed E-state index contributed by atoms with van der Waals surface area (Å²) in [5.41, 5.74) is 1.36. The first-order valence-electron chi connectivity index (χ1n) is 5.70. The zero-order valence-corrected chi connectivity index (χ0v) is 9.58. The van der Waals surface area contributed by atoms with Crippen molar-refractivity contribution >= 4 is 11.8 Å². The van der Waals surface area contributed by atoms with Gasteiger partial charge >= 0.3 is 0 Å². The Balaban J connectivity index is 2.10. The molecule has 2 heterocycles. The molecule has 2 aliphatic rings. The minimum absolute atomic E-state index is 0.193. The monoisotopic (exact) mass is 231 g/mol. The Hall–Kier alpha value is -1.84. The molecule has 1 unspecified atom stereocenters. The molecule has 1 N–H and O–H groups in total. The number of hydrogen-bond donors (Lipinski definition) is 1. The highest BCUT2D eigenvalue weighted by atomic mass is 16.5. The van der Waals surface area contributed by atoms with Gasteiger partial charge in [0.1, 0.15) is 17.8 Å². The van der Waals surface area contributed by atoms with Gasteiger partial charge in [-0.15, -0.1) is 0 Å². The van der Waals surface area contributed by atoms with E-state index in [1.165, 1.54) is 0 Å². The van der Waals surface area contributed by atoms with E-state index in [1.807, 2.05) is 25.1 Å². The van der Waals surface area contributed by atoms with Crippen molar-refractivity contribution in [2.45, 2.75) is 25.2 Å². The van der Waals surface area contributed by atoms with Gasteiger partial charge in [-0.05, 0) is 19.4 Å². The first-order chi connectivity index (χ1) is 8.12. The molecule has 3 rings (SSSR count). The van der Waals surface area contributed by atoms with Gasteiger partial charge in [0.15, 0.2) is 0 Å². The van der Waals surface area contributed by atoms with Crippen molar-refractivity contribution in [3.05, 3.63) is 29.3 Å². The molecule has 1 spiro atoms. The Bertz CT molecular complexity index is 523. The van der Waals surface area contributed by atoms with Gasteiger partial charge in [-0.3, -0.25) is 14.9 Å². The Morgan fingerprint density at radius 1 is 1.35 bits per heavy atom. The summed E-state index contributed by atoms with van der Waals surface area (Å²) in [7, 11) is 0. The highest BCUT2D eigenvalue weighted by Crippen LogP contribution is 2.43. The minimum Gasteiger partial charge on any atom is -0.492 e. The lowest BCUT2D eigenvalue weighted by atomic mass is 9.75. The number of carbonyl (C=O) groups is 2. The Labute approximate surface area is 99.0 Å². The van der Waals surface area contributed by atoms with Crippen LogP contribution in [-0.2, 0) is 15.0 Å². The van der Waals surface area contributed by atoms with E-state index in [4.69, 9.17) is 4.74 Å². The van der Waals surface area contributed by atoms with Crippen molar-refractivity contribution in [1.29, 1.82) is 0 Å². The molecule has 2 aliphatic heterocycles. The molecule has 88 valence electrons. The normalized spacial score (nSPS) is 26.6. The van der Waals surface area contributed by atoms with E-state index < -0.39 is 5.41 Å². The third-order valence-electron chi connectivity index (χ3n) is 3.59. The number of aryl methyl sites for hydroxylation is 1. The number of fused-ring (bicyclic) bond motifs is 2. The molecule has 0 aliphatic carbocycles. The number of benzene rings is 1. The summed E-state index contributed by atoms with van der Waals surface area (Å²) in [6, 6.07) is 5.84. The number of carbonyl (C=O) groups excluding carboxylic acids is 2. The maximum Gasteiger partial charge on any atom is 0.240 e. The molecule has 0 radical (unpaired) electrons. The third kappa shape index (κ3) is 1.37. The van der Waals surface area contributed by atoms with Crippen LogP contribution in [0.25, 0.3) is 0 Å². The quantitative estimate of drug-likeness (QED) is 0.679. The molecule has 17 heavy (non-hydrogen) atoms. The number of piperidine rings is 1. The summed E-state index contributed by atoms with van der Waals surface area (Å²) in [5.74, 6) is 0.347. The van der Waals surface area contributed by atoms with E-state index in [-0.39, 0.29) is 11.8 Å². The van der Waals surface area contributed by atoms with Crippen LogP contribution in [0.15, 0.2) is 18.2 Å². The molecule has 1 aromatic carbocycles. The van der Waals surface area contributed by atoms with Crippen LogP contribution in [0.2, 0.25) is 0 Å². The van der Waals surface area contributed by atoms with Crippen LogP contribution < -0.4 is 10.1 Å². The lowest BCUT2D eigenvalue weighted by molar-refractivity contribution is -0.138. The average Bonchev–Trinajstić information content (AvgIpc) is 2.64. The lowest BCUT2D eigenvalue weighted by Gasteiger charge is -2.30. The fourth-order valence-electron chi connectivity index (χ4n) is 2.57. The molecule has 1 saturated heterocycles. The van der Waals surface area contributed by atoms with E-state index in [0.29, 0.717) is 19.4 Å². The van der Waals surface area contributed by atoms with Gasteiger partial charge < -0.3 is 4.74 Å². The van der Waals surface area contributed by atoms with Crippen molar-refractivity contribution in [2.24, 2.45) is 0 Å². The van der Waals surface area contributed by atoms with Crippen LogP contribution in [0, 0.1) is 6.92 Å². The summed E-state index contributed by atoms with van der Waals surface area (Å²) in [5, 5.41) is 2.41. The van der Waals surface area contributed by atoms with Crippen molar-refractivity contribution in [3.8, 4) is 5.75 Å².